The molecule has 4 heteroatoms. The summed E-state index contributed by atoms with van der Waals surface area (Å²) in [7, 11) is 0. The van der Waals surface area contributed by atoms with Crippen LogP contribution in [0.4, 0.5) is 0 Å². The summed E-state index contributed by atoms with van der Waals surface area (Å²) in [5.41, 5.74) is 0. The second-order valence-electron chi connectivity index (χ2n) is 4.46. The molecule has 0 aliphatic carbocycles. The fourth-order valence-corrected chi connectivity index (χ4v) is 2.37. The van der Waals surface area contributed by atoms with Crippen LogP contribution in [0.15, 0.2) is 16.9 Å². The minimum absolute atomic E-state index is 0.741. The van der Waals surface area contributed by atoms with E-state index in [1.807, 2.05) is 17.1 Å². The smallest absolute Gasteiger partial charge is 0.0632 e. The van der Waals surface area contributed by atoms with Crippen molar-refractivity contribution in [1.29, 1.82) is 0 Å². The molecule has 3 nitrogen and oxygen atoms in total. The monoisotopic (exact) mass is 271 g/mol. The van der Waals surface area contributed by atoms with Crippen molar-refractivity contribution in [2.75, 3.05) is 13.1 Å². The number of hydrogen-bond acceptors (Lipinski definition) is 2. The molecule has 1 saturated heterocycles. The molecule has 2 rings (SSSR count). The Hall–Kier alpha value is -0.350. The lowest BCUT2D eigenvalue weighted by atomic mass is 9.97. The molecule has 0 N–H and O–H groups in total. The predicted octanol–water partition coefficient (Wildman–Crippen LogP) is 2.38. The average molecular weight is 272 g/mol. The van der Waals surface area contributed by atoms with Crippen molar-refractivity contribution in [1.82, 2.24) is 14.7 Å². The molecule has 0 spiro atoms. The lowest BCUT2D eigenvalue weighted by Crippen LogP contribution is -2.52. The van der Waals surface area contributed by atoms with Gasteiger partial charge in [-0.05, 0) is 29.3 Å². The van der Waals surface area contributed by atoms with E-state index in [1.165, 1.54) is 19.5 Å². The summed E-state index contributed by atoms with van der Waals surface area (Å²) in [5.74, 6) is 0.783. The summed E-state index contributed by atoms with van der Waals surface area (Å²) < 4.78 is 3.10. The quantitative estimate of drug-likeness (QED) is 0.839. The maximum absolute atomic E-state index is 4.28. The number of halogens is 1. The Morgan fingerprint density at radius 1 is 1.60 bits per heavy atom. The van der Waals surface area contributed by atoms with Crippen molar-refractivity contribution in [2.45, 2.75) is 32.9 Å². The van der Waals surface area contributed by atoms with Gasteiger partial charge in [0, 0.05) is 37.8 Å². The number of likely N-dealkylation sites (tertiary alicyclic amines) is 1. The zero-order valence-electron chi connectivity index (χ0n) is 9.36. The number of nitrogens with zero attached hydrogens (tertiary/aromatic N) is 3. The zero-order valence-corrected chi connectivity index (χ0v) is 10.9. The first-order valence-corrected chi connectivity index (χ1v) is 6.40. The highest BCUT2D eigenvalue weighted by Crippen LogP contribution is 2.21. The molecule has 2 heterocycles. The molecule has 0 radical (unpaired) electrons. The molecule has 0 bridgehead atoms. The molecule has 15 heavy (non-hydrogen) atoms. The largest absolute Gasteiger partial charge is 0.300 e. The lowest BCUT2D eigenvalue weighted by Gasteiger charge is -2.43. The molecule has 0 saturated carbocycles. The van der Waals surface area contributed by atoms with E-state index in [-0.39, 0.29) is 0 Å². The Bertz CT molecular complexity index is 317. The summed E-state index contributed by atoms with van der Waals surface area (Å²) in [4.78, 5) is 2.54. The molecule has 1 unspecified atom stereocenters. The standard InChI is InChI=1S/C11H18BrN3/c1-3-9(2)14-5-10(6-14)7-15-8-11(12)4-13-15/h4,8-10H,3,5-7H2,1-2H3. The highest BCUT2D eigenvalue weighted by molar-refractivity contribution is 9.10. The van der Waals surface area contributed by atoms with Gasteiger partial charge in [-0.1, -0.05) is 6.92 Å². The van der Waals surface area contributed by atoms with Crippen molar-refractivity contribution >= 4 is 15.9 Å². The van der Waals surface area contributed by atoms with E-state index in [0.29, 0.717) is 0 Å². The van der Waals surface area contributed by atoms with Crippen molar-refractivity contribution in [3.63, 3.8) is 0 Å². The SMILES string of the molecule is CCC(C)N1CC(Cn2cc(Br)cn2)C1. The summed E-state index contributed by atoms with van der Waals surface area (Å²) in [6.45, 7) is 8.07. The molecule has 1 aromatic heterocycles. The summed E-state index contributed by atoms with van der Waals surface area (Å²) in [6.07, 6.45) is 5.15. The Morgan fingerprint density at radius 3 is 2.87 bits per heavy atom. The van der Waals surface area contributed by atoms with Crippen molar-refractivity contribution in [2.24, 2.45) is 5.92 Å². The minimum Gasteiger partial charge on any atom is -0.300 e. The van der Waals surface area contributed by atoms with Crippen LogP contribution in [-0.4, -0.2) is 33.8 Å². The summed E-state index contributed by atoms with van der Waals surface area (Å²) >= 11 is 3.41. The van der Waals surface area contributed by atoms with Crippen molar-refractivity contribution in [3.8, 4) is 0 Å². The van der Waals surface area contributed by atoms with Crippen LogP contribution in [0.25, 0.3) is 0 Å². The fourth-order valence-electron chi connectivity index (χ4n) is 2.05. The number of rotatable bonds is 4. The molecule has 1 atom stereocenters. The first kappa shape index (κ1) is 11.1. The van der Waals surface area contributed by atoms with Crippen LogP contribution in [0.3, 0.4) is 0 Å². The topological polar surface area (TPSA) is 21.1 Å². The number of aromatic nitrogens is 2. The summed E-state index contributed by atoms with van der Waals surface area (Å²) in [5, 5.41) is 4.28. The van der Waals surface area contributed by atoms with Gasteiger partial charge >= 0.3 is 0 Å². The molecule has 84 valence electrons. The molecule has 1 aliphatic rings. The Labute approximate surface area is 99.6 Å². The van der Waals surface area contributed by atoms with E-state index >= 15 is 0 Å². The van der Waals surface area contributed by atoms with Crippen LogP contribution >= 0.6 is 15.9 Å². The third kappa shape index (κ3) is 2.61. The van der Waals surface area contributed by atoms with Gasteiger partial charge in [0.25, 0.3) is 0 Å². The highest BCUT2D eigenvalue weighted by Gasteiger charge is 2.29. The fraction of sp³-hybridized carbons (Fsp3) is 0.727. The summed E-state index contributed by atoms with van der Waals surface area (Å²) in [6, 6.07) is 0.741. The zero-order chi connectivity index (χ0) is 10.8. The van der Waals surface area contributed by atoms with E-state index in [9.17, 15) is 0 Å². The van der Waals surface area contributed by atoms with Crippen LogP contribution in [0, 0.1) is 5.92 Å². The van der Waals surface area contributed by atoms with E-state index < -0.39 is 0 Å². The molecular weight excluding hydrogens is 254 g/mol. The molecule has 1 fully saturated rings. The van der Waals surface area contributed by atoms with Gasteiger partial charge in [-0.15, -0.1) is 0 Å². The number of hydrogen-bond donors (Lipinski definition) is 0. The van der Waals surface area contributed by atoms with Crippen LogP contribution < -0.4 is 0 Å². The maximum atomic E-state index is 4.28. The third-order valence-electron chi connectivity index (χ3n) is 3.25. The molecule has 0 aromatic carbocycles. The van der Waals surface area contributed by atoms with E-state index in [4.69, 9.17) is 0 Å². The molecule has 0 amide bonds. The van der Waals surface area contributed by atoms with Gasteiger partial charge in [0.2, 0.25) is 0 Å². The average Bonchev–Trinajstić information content (AvgIpc) is 2.56. The van der Waals surface area contributed by atoms with Gasteiger partial charge in [0.15, 0.2) is 0 Å². The van der Waals surface area contributed by atoms with Gasteiger partial charge in [-0.2, -0.15) is 5.10 Å². The Kier molecular flexibility index (Phi) is 3.46. The van der Waals surface area contributed by atoms with Crippen LogP contribution in [0.2, 0.25) is 0 Å². The molecule has 1 aromatic rings. The first-order valence-electron chi connectivity index (χ1n) is 5.61. The minimum atomic E-state index is 0.741. The second kappa shape index (κ2) is 4.66. The highest BCUT2D eigenvalue weighted by atomic mass is 79.9. The second-order valence-corrected chi connectivity index (χ2v) is 5.37. The van der Waals surface area contributed by atoms with Gasteiger partial charge < -0.3 is 0 Å². The van der Waals surface area contributed by atoms with Gasteiger partial charge in [-0.25, -0.2) is 0 Å². The van der Waals surface area contributed by atoms with E-state index in [1.54, 1.807) is 0 Å². The van der Waals surface area contributed by atoms with Crippen LogP contribution in [0.1, 0.15) is 20.3 Å². The van der Waals surface area contributed by atoms with Gasteiger partial charge in [-0.3, -0.25) is 9.58 Å². The van der Waals surface area contributed by atoms with E-state index in [2.05, 4.69) is 39.8 Å². The normalized spacial score (nSPS) is 20.2. The predicted molar refractivity (Wildman–Crippen MR) is 64.7 cm³/mol. The van der Waals surface area contributed by atoms with Crippen molar-refractivity contribution < 1.29 is 0 Å². The van der Waals surface area contributed by atoms with Crippen LogP contribution in [-0.2, 0) is 6.54 Å². The first-order chi connectivity index (χ1) is 7.19. The van der Waals surface area contributed by atoms with E-state index in [0.717, 1.165) is 23.0 Å². The van der Waals surface area contributed by atoms with Crippen LogP contribution in [0.5, 0.6) is 0 Å². The Morgan fingerprint density at radius 2 is 2.33 bits per heavy atom. The van der Waals surface area contributed by atoms with Gasteiger partial charge in [0.1, 0.15) is 0 Å². The van der Waals surface area contributed by atoms with Crippen molar-refractivity contribution in [3.05, 3.63) is 16.9 Å². The van der Waals surface area contributed by atoms with Gasteiger partial charge in [0.05, 0.1) is 10.7 Å². The Balaban J connectivity index is 1.76. The maximum Gasteiger partial charge on any atom is 0.0632 e. The lowest BCUT2D eigenvalue weighted by molar-refractivity contribution is 0.0469. The third-order valence-corrected chi connectivity index (χ3v) is 3.66. The molecular formula is C11H18BrN3. The molecule has 1 aliphatic heterocycles.